The molecule has 0 aliphatic heterocycles. The molecular formula is C9H16N2O3. The summed E-state index contributed by atoms with van der Waals surface area (Å²) in [4.78, 5) is 8.36. The van der Waals surface area contributed by atoms with E-state index in [0.717, 1.165) is 25.7 Å². The van der Waals surface area contributed by atoms with Crippen LogP contribution in [0.2, 0.25) is 0 Å². The van der Waals surface area contributed by atoms with Crippen LogP contribution < -0.4 is 5.73 Å². The maximum absolute atomic E-state index is 8.69. The van der Waals surface area contributed by atoms with Crippen LogP contribution in [-0.2, 0) is 9.53 Å². The van der Waals surface area contributed by atoms with Crippen LogP contribution >= 0.6 is 0 Å². The predicted molar refractivity (Wildman–Crippen MR) is 50.5 cm³/mol. The van der Waals surface area contributed by atoms with Crippen LogP contribution in [0.25, 0.3) is 0 Å². The third kappa shape index (κ3) is 4.21. The third-order valence-corrected chi connectivity index (χ3v) is 2.38. The Morgan fingerprint density at radius 2 is 2.07 bits per heavy atom. The highest BCUT2D eigenvalue weighted by Gasteiger charge is 2.31. The zero-order valence-electron chi connectivity index (χ0n) is 8.27. The van der Waals surface area contributed by atoms with Gasteiger partial charge in [0.25, 0.3) is 6.47 Å². The number of ether oxygens (including phenoxy) is 1. The average Bonchev–Trinajstić information content (AvgIpc) is 2.20. The summed E-state index contributed by atoms with van der Waals surface area (Å²) in [6.45, 7) is -0.250. The highest BCUT2D eigenvalue weighted by Crippen LogP contribution is 2.26. The van der Waals surface area contributed by atoms with E-state index in [9.17, 15) is 0 Å². The normalized spacial score (nSPS) is 30.8. The number of nitrogens with zero attached hydrogens (tertiary/aromatic N) is 1. The molecule has 1 aliphatic carbocycles. The van der Waals surface area contributed by atoms with Crippen molar-refractivity contribution in [2.24, 2.45) is 5.73 Å². The maximum Gasteiger partial charge on any atom is 0.290 e. The van der Waals surface area contributed by atoms with Gasteiger partial charge in [0.15, 0.2) is 0 Å². The molecule has 5 nitrogen and oxygen atoms in total. The van der Waals surface area contributed by atoms with Crippen LogP contribution in [0, 0.1) is 11.3 Å². The van der Waals surface area contributed by atoms with Crippen molar-refractivity contribution in [1.82, 2.24) is 0 Å². The molecule has 5 heteroatoms. The molecule has 0 spiro atoms. The fourth-order valence-corrected chi connectivity index (χ4v) is 1.45. The number of hydrogen-bond acceptors (Lipinski definition) is 4. The lowest BCUT2D eigenvalue weighted by atomic mass is 9.82. The lowest BCUT2D eigenvalue weighted by molar-refractivity contribution is -0.122. The van der Waals surface area contributed by atoms with Gasteiger partial charge in [0.1, 0.15) is 5.54 Å². The Morgan fingerprint density at radius 1 is 1.64 bits per heavy atom. The summed E-state index contributed by atoms with van der Waals surface area (Å²) in [5, 5.41) is 15.6. The molecule has 1 rings (SSSR count). The van der Waals surface area contributed by atoms with Gasteiger partial charge in [0.2, 0.25) is 0 Å². The minimum Gasteiger partial charge on any atom is -0.483 e. The van der Waals surface area contributed by atoms with Gasteiger partial charge in [-0.25, -0.2) is 0 Å². The number of methoxy groups -OCH3 is 1. The molecule has 0 heterocycles. The van der Waals surface area contributed by atoms with E-state index in [4.69, 9.17) is 25.6 Å². The van der Waals surface area contributed by atoms with Gasteiger partial charge in [-0.2, -0.15) is 5.26 Å². The Balaban J connectivity index is 0.000000500. The van der Waals surface area contributed by atoms with Gasteiger partial charge < -0.3 is 15.6 Å². The van der Waals surface area contributed by atoms with Crippen molar-refractivity contribution in [1.29, 1.82) is 5.26 Å². The van der Waals surface area contributed by atoms with Gasteiger partial charge in [0, 0.05) is 7.11 Å². The Bertz CT molecular complexity index is 205. The molecule has 0 aromatic carbocycles. The Labute approximate surface area is 83.5 Å². The first-order chi connectivity index (χ1) is 6.61. The Kier molecular flexibility index (Phi) is 5.84. The molecule has 0 radical (unpaired) electrons. The first kappa shape index (κ1) is 12.9. The summed E-state index contributed by atoms with van der Waals surface area (Å²) in [6.07, 6.45) is 3.69. The van der Waals surface area contributed by atoms with E-state index < -0.39 is 5.54 Å². The van der Waals surface area contributed by atoms with Gasteiger partial charge in [0.05, 0.1) is 12.2 Å². The number of rotatable bonds is 1. The molecule has 0 aromatic heterocycles. The quantitative estimate of drug-likeness (QED) is 0.601. The van der Waals surface area contributed by atoms with Gasteiger partial charge >= 0.3 is 0 Å². The Morgan fingerprint density at radius 3 is 2.36 bits per heavy atom. The molecule has 0 aromatic rings. The molecule has 14 heavy (non-hydrogen) atoms. The number of hydrogen-bond donors (Lipinski definition) is 2. The second kappa shape index (κ2) is 6.35. The van der Waals surface area contributed by atoms with Crippen molar-refractivity contribution in [2.75, 3.05) is 7.11 Å². The van der Waals surface area contributed by atoms with E-state index in [2.05, 4.69) is 6.07 Å². The minimum atomic E-state index is -0.574. The minimum absolute atomic E-state index is 0.250. The number of nitrogens with two attached hydrogens (primary N) is 1. The third-order valence-electron chi connectivity index (χ3n) is 2.38. The van der Waals surface area contributed by atoms with E-state index in [0.29, 0.717) is 6.10 Å². The summed E-state index contributed by atoms with van der Waals surface area (Å²) in [5.41, 5.74) is 5.18. The van der Waals surface area contributed by atoms with E-state index in [-0.39, 0.29) is 6.47 Å². The summed E-state index contributed by atoms with van der Waals surface area (Å²) in [5.74, 6) is 0. The van der Waals surface area contributed by atoms with Crippen LogP contribution in [0.4, 0.5) is 0 Å². The first-order valence-corrected chi connectivity index (χ1v) is 4.42. The molecular weight excluding hydrogens is 184 g/mol. The second-order valence-corrected chi connectivity index (χ2v) is 3.31. The molecule has 0 bridgehead atoms. The molecule has 1 fully saturated rings. The van der Waals surface area contributed by atoms with E-state index in [1.807, 2.05) is 0 Å². The van der Waals surface area contributed by atoms with Crippen LogP contribution in [0.1, 0.15) is 25.7 Å². The fraction of sp³-hybridized carbons (Fsp3) is 0.778. The zero-order chi connectivity index (χ0) is 11.0. The largest absolute Gasteiger partial charge is 0.483 e. The smallest absolute Gasteiger partial charge is 0.290 e. The molecule has 3 N–H and O–H groups in total. The topological polar surface area (TPSA) is 96.3 Å². The summed E-state index contributed by atoms with van der Waals surface area (Å²) < 4.78 is 5.16. The molecule has 0 saturated heterocycles. The first-order valence-electron chi connectivity index (χ1n) is 4.42. The maximum atomic E-state index is 8.69. The van der Waals surface area contributed by atoms with Crippen molar-refractivity contribution in [3.63, 3.8) is 0 Å². The highest BCUT2D eigenvalue weighted by atomic mass is 16.5. The van der Waals surface area contributed by atoms with Crippen LogP contribution in [0.3, 0.4) is 0 Å². The molecule has 1 saturated carbocycles. The van der Waals surface area contributed by atoms with Crippen molar-refractivity contribution in [2.45, 2.75) is 37.3 Å². The molecule has 1 aliphatic rings. The van der Waals surface area contributed by atoms with Crippen LogP contribution in [0.15, 0.2) is 0 Å². The van der Waals surface area contributed by atoms with Crippen LogP contribution in [0.5, 0.6) is 0 Å². The second-order valence-electron chi connectivity index (χ2n) is 3.31. The van der Waals surface area contributed by atoms with E-state index >= 15 is 0 Å². The SMILES string of the molecule is COC1CCC(N)(C#N)CC1.O=CO. The zero-order valence-corrected chi connectivity index (χ0v) is 8.27. The Hall–Kier alpha value is -1.12. The van der Waals surface area contributed by atoms with Crippen LogP contribution in [-0.4, -0.2) is 30.3 Å². The summed E-state index contributed by atoms with van der Waals surface area (Å²) >= 11 is 0. The van der Waals surface area contributed by atoms with Gasteiger partial charge in [-0.1, -0.05) is 0 Å². The standard InChI is InChI=1S/C8H14N2O.CH2O2/c1-11-7-2-4-8(10,6-9)5-3-7;2-1-3/h7H,2-5,10H2,1H3;1H,(H,2,3). The number of carbonyl (C=O) groups is 1. The number of carboxylic acid groups (broad SMARTS) is 1. The van der Waals surface area contributed by atoms with E-state index in [1.54, 1.807) is 7.11 Å². The predicted octanol–water partition coefficient (Wildman–Crippen LogP) is 0.497. The highest BCUT2D eigenvalue weighted by molar-refractivity contribution is 5.32. The van der Waals surface area contributed by atoms with Crippen molar-refractivity contribution in [3.05, 3.63) is 0 Å². The van der Waals surface area contributed by atoms with Gasteiger partial charge in [-0.15, -0.1) is 0 Å². The summed E-state index contributed by atoms with van der Waals surface area (Å²) in [6, 6.07) is 2.15. The monoisotopic (exact) mass is 200 g/mol. The molecule has 0 atom stereocenters. The van der Waals surface area contributed by atoms with Gasteiger partial charge in [-0.3, -0.25) is 4.79 Å². The van der Waals surface area contributed by atoms with Gasteiger partial charge in [-0.05, 0) is 25.7 Å². The lowest BCUT2D eigenvalue weighted by Gasteiger charge is -2.30. The van der Waals surface area contributed by atoms with Crippen molar-refractivity contribution in [3.8, 4) is 6.07 Å². The van der Waals surface area contributed by atoms with Crippen molar-refractivity contribution < 1.29 is 14.6 Å². The van der Waals surface area contributed by atoms with Crippen molar-refractivity contribution >= 4 is 6.47 Å². The molecule has 0 amide bonds. The number of nitriles is 1. The van der Waals surface area contributed by atoms with E-state index in [1.165, 1.54) is 0 Å². The molecule has 0 unspecified atom stereocenters. The average molecular weight is 200 g/mol. The summed E-state index contributed by atoms with van der Waals surface area (Å²) in [7, 11) is 1.71. The fourth-order valence-electron chi connectivity index (χ4n) is 1.45. The lowest BCUT2D eigenvalue weighted by Crippen LogP contribution is -2.43. The molecule has 80 valence electrons.